The van der Waals surface area contributed by atoms with Gasteiger partial charge in [-0.2, -0.15) is 4.99 Å². The molecule has 1 aromatic carbocycles. The van der Waals surface area contributed by atoms with Gasteiger partial charge in [0.2, 0.25) is 0 Å². The van der Waals surface area contributed by atoms with E-state index in [0.717, 1.165) is 5.56 Å². The maximum absolute atomic E-state index is 11.2. The number of benzene rings is 1. The van der Waals surface area contributed by atoms with Crippen LogP contribution in [0.1, 0.15) is 5.56 Å². The molecule has 0 saturated carbocycles. The number of aliphatic imine (C=N–C) groups is 1. The lowest BCUT2D eigenvalue weighted by Gasteiger charge is -2.07. The van der Waals surface area contributed by atoms with Crippen molar-refractivity contribution < 1.29 is 4.79 Å². The van der Waals surface area contributed by atoms with E-state index >= 15 is 0 Å². The first kappa shape index (κ1) is 15.8. The van der Waals surface area contributed by atoms with Crippen LogP contribution in [0.5, 0.6) is 0 Å². The summed E-state index contributed by atoms with van der Waals surface area (Å²) in [4.78, 5) is 14.5. The zero-order chi connectivity index (χ0) is 12.3. The highest BCUT2D eigenvalue weighted by Crippen LogP contribution is 2.28. The van der Waals surface area contributed by atoms with Crippen molar-refractivity contribution in [3.63, 3.8) is 0 Å². The number of carbonyl (C=O) groups is 1. The van der Waals surface area contributed by atoms with E-state index in [-0.39, 0.29) is 18.4 Å². The van der Waals surface area contributed by atoms with E-state index < -0.39 is 6.03 Å². The number of aryl methyl sites for hydroxylation is 1. The summed E-state index contributed by atoms with van der Waals surface area (Å²) < 4.78 is 0. The normalized spacial score (nSPS) is 9.12. The van der Waals surface area contributed by atoms with Gasteiger partial charge in [0.15, 0.2) is 5.96 Å². The maximum Gasteiger partial charge on any atom is 0.348 e. The second-order valence-corrected chi connectivity index (χ2v) is 3.86. The minimum atomic E-state index is -0.707. The predicted octanol–water partition coefficient (Wildman–Crippen LogP) is 2.53. The van der Waals surface area contributed by atoms with Crippen LogP contribution < -0.4 is 16.8 Å². The Labute approximate surface area is 115 Å². The van der Waals surface area contributed by atoms with Crippen molar-refractivity contribution in [2.24, 2.45) is 16.5 Å². The highest BCUT2D eigenvalue weighted by Gasteiger charge is 2.07. The minimum Gasteiger partial charge on any atom is -0.370 e. The van der Waals surface area contributed by atoms with Crippen molar-refractivity contribution in [2.75, 3.05) is 5.32 Å². The number of amides is 2. The Morgan fingerprint density at radius 2 is 1.88 bits per heavy atom. The van der Waals surface area contributed by atoms with Gasteiger partial charge in [-0.05, 0) is 24.6 Å². The molecule has 0 aliphatic rings. The summed E-state index contributed by atoms with van der Waals surface area (Å²) in [5.41, 5.74) is 11.3. The van der Waals surface area contributed by atoms with Crippen LogP contribution in [0.4, 0.5) is 10.5 Å². The number of hydrogen-bond donors (Lipinski definition) is 3. The predicted molar refractivity (Wildman–Crippen MR) is 73.3 cm³/mol. The number of anilines is 1. The molecule has 8 heteroatoms. The van der Waals surface area contributed by atoms with Gasteiger partial charge in [0.25, 0.3) is 0 Å². The monoisotopic (exact) mass is 296 g/mol. The zero-order valence-electron chi connectivity index (χ0n) is 8.83. The fourth-order valence-corrected chi connectivity index (χ4v) is 1.43. The summed E-state index contributed by atoms with van der Waals surface area (Å²) in [7, 11) is 0. The lowest BCUT2D eigenvalue weighted by Crippen LogP contribution is -2.25. The molecule has 94 valence electrons. The molecule has 0 aliphatic carbocycles. The van der Waals surface area contributed by atoms with Crippen LogP contribution in [-0.2, 0) is 0 Å². The Balaban J connectivity index is 0.00000256. The lowest BCUT2D eigenvalue weighted by atomic mass is 10.2. The van der Waals surface area contributed by atoms with Crippen LogP contribution >= 0.6 is 35.6 Å². The van der Waals surface area contributed by atoms with Crippen LogP contribution in [0, 0.1) is 6.92 Å². The maximum atomic E-state index is 11.2. The van der Waals surface area contributed by atoms with Gasteiger partial charge in [-0.3, -0.25) is 0 Å². The molecule has 0 fully saturated rings. The molecule has 0 unspecified atom stereocenters. The van der Waals surface area contributed by atoms with Gasteiger partial charge < -0.3 is 16.8 Å². The van der Waals surface area contributed by atoms with E-state index in [1.54, 1.807) is 13.0 Å². The van der Waals surface area contributed by atoms with E-state index in [0.29, 0.717) is 15.7 Å². The molecule has 0 saturated heterocycles. The highest BCUT2D eigenvalue weighted by molar-refractivity contribution is 6.36. The number of guanidine groups is 1. The van der Waals surface area contributed by atoms with Crippen LogP contribution in [0.25, 0.3) is 0 Å². The average Bonchev–Trinajstić information content (AvgIpc) is 2.12. The first-order valence-corrected chi connectivity index (χ1v) is 5.02. The molecule has 0 aromatic heterocycles. The molecule has 17 heavy (non-hydrogen) atoms. The number of rotatable bonds is 1. The smallest absolute Gasteiger partial charge is 0.348 e. The fourth-order valence-electron chi connectivity index (χ4n) is 1.00. The van der Waals surface area contributed by atoms with Gasteiger partial charge in [0, 0.05) is 5.02 Å². The number of urea groups is 1. The van der Waals surface area contributed by atoms with Crippen LogP contribution in [0.15, 0.2) is 17.1 Å². The van der Waals surface area contributed by atoms with Gasteiger partial charge >= 0.3 is 6.03 Å². The molecule has 0 radical (unpaired) electrons. The van der Waals surface area contributed by atoms with Crippen LogP contribution in [-0.4, -0.2) is 12.0 Å². The molecule has 5 nitrogen and oxygen atoms in total. The minimum absolute atomic E-state index is 0. The van der Waals surface area contributed by atoms with Crippen molar-refractivity contribution in [1.82, 2.24) is 0 Å². The van der Waals surface area contributed by atoms with Crippen molar-refractivity contribution in [1.29, 1.82) is 0 Å². The first-order chi connectivity index (χ1) is 7.40. The molecule has 2 amide bonds. The molecular formula is C9H11Cl3N4O. The first-order valence-electron chi connectivity index (χ1n) is 4.26. The van der Waals surface area contributed by atoms with Crippen LogP contribution in [0.3, 0.4) is 0 Å². The summed E-state index contributed by atoms with van der Waals surface area (Å²) >= 11 is 11.8. The van der Waals surface area contributed by atoms with E-state index in [2.05, 4.69) is 10.3 Å². The summed E-state index contributed by atoms with van der Waals surface area (Å²) in [6.07, 6.45) is 0. The quantitative estimate of drug-likeness (QED) is 0.549. The van der Waals surface area contributed by atoms with Crippen molar-refractivity contribution in [3.05, 3.63) is 27.7 Å². The number of nitrogens with two attached hydrogens (primary N) is 2. The molecule has 1 rings (SSSR count). The Bertz CT molecular complexity index is 458. The highest BCUT2D eigenvalue weighted by atomic mass is 35.5. The molecular weight excluding hydrogens is 286 g/mol. The Morgan fingerprint density at radius 3 is 2.41 bits per heavy atom. The topological polar surface area (TPSA) is 93.5 Å². The third-order valence-electron chi connectivity index (χ3n) is 1.72. The Morgan fingerprint density at radius 1 is 1.29 bits per heavy atom. The molecule has 0 atom stereocenters. The van der Waals surface area contributed by atoms with Gasteiger partial charge in [0.05, 0.1) is 10.7 Å². The summed E-state index contributed by atoms with van der Waals surface area (Å²) in [6.45, 7) is 1.80. The number of nitrogens with zero attached hydrogens (tertiary/aromatic N) is 1. The van der Waals surface area contributed by atoms with E-state index in [1.807, 2.05) is 0 Å². The van der Waals surface area contributed by atoms with Crippen LogP contribution in [0.2, 0.25) is 10.0 Å². The van der Waals surface area contributed by atoms with Gasteiger partial charge in [-0.25, -0.2) is 4.79 Å². The van der Waals surface area contributed by atoms with Gasteiger partial charge in [-0.1, -0.05) is 23.2 Å². The van der Waals surface area contributed by atoms with Gasteiger partial charge in [0.1, 0.15) is 0 Å². The Hall–Kier alpha value is -1.17. The van der Waals surface area contributed by atoms with Gasteiger partial charge in [-0.15, -0.1) is 12.4 Å². The summed E-state index contributed by atoms with van der Waals surface area (Å²) in [6, 6.07) is 2.45. The summed E-state index contributed by atoms with van der Waals surface area (Å²) in [5, 5.41) is 3.26. The van der Waals surface area contributed by atoms with E-state index in [1.165, 1.54) is 6.07 Å². The second-order valence-electron chi connectivity index (χ2n) is 3.05. The molecule has 0 aliphatic heterocycles. The number of carbonyl (C=O) groups excluding carboxylic acids is 1. The molecule has 0 spiro atoms. The third-order valence-corrected chi connectivity index (χ3v) is 2.44. The standard InChI is InChI=1S/C9H10Cl2N4O.ClH/c1-4-2-6(11)7(3-5(4)10)14-9(16)15-8(12)13;/h2-3H,1H3,(H5,12,13,14,15,16);1H. The van der Waals surface area contributed by atoms with Crippen molar-refractivity contribution in [2.45, 2.75) is 6.92 Å². The molecule has 1 aromatic rings. The SMILES string of the molecule is Cc1cc(Cl)c(NC(=O)N=C(N)N)cc1Cl.Cl. The Kier molecular flexibility index (Phi) is 6.09. The van der Waals surface area contributed by atoms with E-state index in [9.17, 15) is 4.79 Å². The largest absolute Gasteiger partial charge is 0.370 e. The zero-order valence-corrected chi connectivity index (χ0v) is 11.2. The number of nitrogens with one attached hydrogen (secondary N) is 1. The fraction of sp³-hybridized carbons (Fsp3) is 0.111. The summed E-state index contributed by atoms with van der Waals surface area (Å²) in [5.74, 6) is -0.327. The lowest BCUT2D eigenvalue weighted by molar-refractivity contribution is 0.259. The average molecular weight is 298 g/mol. The number of halogens is 3. The third kappa shape index (κ3) is 4.68. The molecule has 0 bridgehead atoms. The second kappa shape index (κ2) is 6.54. The number of hydrogen-bond acceptors (Lipinski definition) is 1. The van der Waals surface area contributed by atoms with E-state index in [4.69, 9.17) is 34.7 Å². The molecule has 0 heterocycles. The van der Waals surface area contributed by atoms with Crippen molar-refractivity contribution >= 4 is 53.3 Å². The van der Waals surface area contributed by atoms with Crippen molar-refractivity contribution in [3.8, 4) is 0 Å². The molecule has 5 N–H and O–H groups in total.